The molecule has 2 aromatic carbocycles. The molecule has 2 heterocycles. The highest BCUT2D eigenvalue weighted by molar-refractivity contribution is 5.76. The summed E-state index contributed by atoms with van der Waals surface area (Å²) in [6.07, 6.45) is 4.39. The molecule has 31 heavy (non-hydrogen) atoms. The highest BCUT2D eigenvalue weighted by Gasteiger charge is 2.13. The molecule has 0 aliphatic heterocycles. The highest BCUT2D eigenvalue weighted by Crippen LogP contribution is 2.18. The van der Waals surface area contributed by atoms with Crippen molar-refractivity contribution >= 4 is 17.1 Å². The number of carbonyl (C=O) groups excluding carboxylic acids is 1. The molecule has 0 aliphatic rings. The summed E-state index contributed by atoms with van der Waals surface area (Å²) >= 11 is 0. The standard InChI is InChI=1S/C25H25FN4O/c26-21-13-11-20(12-14-21)18-30-23(29-22-8-5-16-28-25(22)30)9-4-10-24(31)27-17-15-19-6-2-1-3-7-19/h1-3,5-8,11-14,16H,4,9-10,15,17-18H2,(H,27,31). The first kappa shape index (κ1) is 20.7. The largest absolute Gasteiger partial charge is 0.356 e. The van der Waals surface area contributed by atoms with Crippen LogP contribution in [-0.2, 0) is 24.2 Å². The van der Waals surface area contributed by atoms with Gasteiger partial charge in [-0.3, -0.25) is 4.79 Å². The number of pyridine rings is 1. The predicted octanol–water partition coefficient (Wildman–Crippen LogP) is 4.30. The summed E-state index contributed by atoms with van der Waals surface area (Å²) in [6, 6.07) is 20.4. The maximum atomic E-state index is 13.3. The quantitative estimate of drug-likeness (QED) is 0.443. The first-order valence-corrected chi connectivity index (χ1v) is 10.5. The average molecular weight is 417 g/mol. The Labute approximate surface area is 181 Å². The van der Waals surface area contributed by atoms with Gasteiger partial charge in [0.15, 0.2) is 5.65 Å². The molecule has 6 heteroatoms. The fourth-order valence-electron chi connectivity index (χ4n) is 3.62. The van der Waals surface area contributed by atoms with Gasteiger partial charge in [-0.05, 0) is 48.2 Å². The molecule has 0 bridgehead atoms. The molecule has 4 rings (SSSR count). The van der Waals surface area contributed by atoms with E-state index in [9.17, 15) is 9.18 Å². The lowest BCUT2D eigenvalue weighted by Gasteiger charge is -2.09. The van der Waals surface area contributed by atoms with Crippen molar-refractivity contribution in [3.05, 3.63) is 95.7 Å². The van der Waals surface area contributed by atoms with Crippen molar-refractivity contribution in [2.24, 2.45) is 0 Å². The minimum atomic E-state index is -0.254. The van der Waals surface area contributed by atoms with E-state index in [1.165, 1.54) is 17.7 Å². The number of aryl methyl sites for hydroxylation is 1. The zero-order valence-electron chi connectivity index (χ0n) is 17.3. The van der Waals surface area contributed by atoms with Gasteiger partial charge in [0, 0.05) is 25.6 Å². The van der Waals surface area contributed by atoms with Gasteiger partial charge in [0.05, 0.1) is 6.54 Å². The van der Waals surface area contributed by atoms with Crippen LogP contribution in [0.15, 0.2) is 72.9 Å². The number of rotatable bonds is 9. The molecular formula is C25H25FN4O. The van der Waals surface area contributed by atoms with E-state index in [4.69, 9.17) is 4.98 Å². The lowest BCUT2D eigenvalue weighted by molar-refractivity contribution is -0.121. The van der Waals surface area contributed by atoms with Gasteiger partial charge < -0.3 is 9.88 Å². The molecule has 0 atom stereocenters. The summed E-state index contributed by atoms with van der Waals surface area (Å²) in [7, 11) is 0. The van der Waals surface area contributed by atoms with E-state index < -0.39 is 0 Å². The van der Waals surface area contributed by atoms with Gasteiger partial charge in [0.1, 0.15) is 17.2 Å². The van der Waals surface area contributed by atoms with E-state index in [-0.39, 0.29) is 11.7 Å². The molecule has 1 amide bonds. The Hall–Kier alpha value is -3.54. The molecule has 158 valence electrons. The van der Waals surface area contributed by atoms with Gasteiger partial charge in [-0.15, -0.1) is 0 Å². The second-order valence-electron chi connectivity index (χ2n) is 7.53. The summed E-state index contributed by atoms with van der Waals surface area (Å²) in [4.78, 5) is 21.4. The SMILES string of the molecule is O=C(CCCc1nc2cccnc2n1Cc1ccc(F)cc1)NCCc1ccccc1. The van der Waals surface area contributed by atoms with Crippen molar-refractivity contribution < 1.29 is 9.18 Å². The van der Waals surface area contributed by atoms with Crippen molar-refractivity contribution in [2.45, 2.75) is 32.2 Å². The monoisotopic (exact) mass is 416 g/mol. The number of nitrogens with one attached hydrogen (secondary N) is 1. The number of aromatic nitrogens is 3. The molecule has 0 fully saturated rings. The molecule has 0 saturated carbocycles. The van der Waals surface area contributed by atoms with E-state index in [1.807, 2.05) is 30.3 Å². The molecule has 2 aromatic heterocycles. The zero-order valence-corrected chi connectivity index (χ0v) is 17.3. The molecule has 0 aliphatic carbocycles. The number of hydrogen-bond donors (Lipinski definition) is 1. The zero-order chi connectivity index (χ0) is 21.5. The van der Waals surface area contributed by atoms with Gasteiger partial charge in [0.25, 0.3) is 0 Å². The van der Waals surface area contributed by atoms with Gasteiger partial charge in [-0.2, -0.15) is 0 Å². The highest BCUT2D eigenvalue weighted by atomic mass is 19.1. The van der Waals surface area contributed by atoms with Crippen LogP contribution in [0.3, 0.4) is 0 Å². The number of amides is 1. The Balaban J connectivity index is 1.35. The number of fused-ring (bicyclic) bond motifs is 1. The van der Waals surface area contributed by atoms with E-state index >= 15 is 0 Å². The van der Waals surface area contributed by atoms with E-state index in [0.717, 1.165) is 29.0 Å². The molecule has 0 radical (unpaired) electrons. The second-order valence-corrected chi connectivity index (χ2v) is 7.53. The van der Waals surface area contributed by atoms with Crippen molar-refractivity contribution in [3.8, 4) is 0 Å². The average Bonchev–Trinajstić information content (AvgIpc) is 3.13. The summed E-state index contributed by atoms with van der Waals surface area (Å²) in [6.45, 7) is 1.20. The molecule has 5 nitrogen and oxygen atoms in total. The summed E-state index contributed by atoms with van der Waals surface area (Å²) < 4.78 is 15.3. The smallest absolute Gasteiger partial charge is 0.220 e. The number of hydrogen-bond acceptors (Lipinski definition) is 3. The molecule has 4 aromatic rings. The van der Waals surface area contributed by atoms with Crippen molar-refractivity contribution in [1.29, 1.82) is 0 Å². The first-order valence-electron chi connectivity index (χ1n) is 10.5. The summed E-state index contributed by atoms with van der Waals surface area (Å²) in [5.74, 6) is 0.682. The van der Waals surface area contributed by atoms with Crippen LogP contribution in [0.5, 0.6) is 0 Å². The van der Waals surface area contributed by atoms with Gasteiger partial charge in [-0.1, -0.05) is 42.5 Å². The van der Waals surface area contributed by atoms with Crippen LogP contribution < -0.4 is 5.32 Å². The molecule has 0 unspecified atom stereocenters. The minimum absolute atomic E-state index is 0.0512. The number of benzene rings is 2. The van der Waals surface area contributed by atoms with E-state index in [0.29, 0.717) is 32.4 Å². The van der Waals surface area contributed by atoms with E-state index in [2.05, 4.69) is 27.0 Å². The molecule has 0 saturated heterocycles. The Morgan fingerprint density at radius 1 is 0.935 bits per heavy atom. The Morgan fingerprint density at radius 3 is 2.55 bits per heavy atom. The first-order chi connectivity index (χ1) is 15.2. The van der Waals surface area contributed by atoms with Crippen molar-refractivity contribution in [1.82, 2.24) is 19.9 Å². The third-order valence-electron chi connectivity index (χ3n) is 5.22. The predicted molar refractivity (Wildman–Crippen MR) is 119 cm³/mol. The number of nitrogens with zero attached hydrogens (tertiary/aromatic N) is 3. The molecular weight excluding hydrogens is 391 g/mol. The van der Waals surface area contributed by atoms with Crippen LogP contribution in [0, 0.1) is 5.82 Å². The number of imidazole rings is 1. The fourth-order valence-corrected chi connectivity index (χ4v) is 3.62. The third kappa shape index (κ3) is 5.54. The summed E-state index contributed by atoms with van der Waals surface area (Å²) in [5.41, 5.74) is 3.82. The fraction of sp³-hybridized carbons (Fsp3) is 0.240. The van der Waals surface area contributed by atoms with Crippen molar-refractivity contribution in [3.63, 3.8) is 0 Å². The van der Waals surface area contributed by atoms with Gasteiger partial charge in [-0.25, -0.2) is 14.4 Å². The third-order valence-corrected chi connectivity index (χ3v) is 5.22. The Bertz CT molecular complexity index is 1140. The Kier molecular flexibility index (Phi) is 6.67. The number of halogens is 1. The molecule has 0 spiro atoms. The lowest BCUT2D eigenvalue weighted by atomic mass is 10.1. The maximum absolute atomic E-state index is 13.3. The van der Waals surface area contributed by atoms with Crippen LogP contribution >= 0.6 is 0 Å². The lowest BCUT2D eigenvalue weighted by Crippen LogP contribution is -2.25. The second kappa shape index (κ2) is 9.98. The summed E-state index contributed by atoms with van der Waals surface area (Å²) in [5, 5.41) is 2.99. The maximum Gasteiger partial charge on any atom is 0.220 e. The van der Waals surface area contributed by atoms with Gasteiger partial charge >= 0.3 is 0 Å². The van der Waals surface area contributed by atoms with Crippen LogP contribution in [0.1, 0.15) is 29.8 Å². The van der Waals surface area contributed by atoms with Crippen molar-refractivity contribution in [2.75, 3.05) is 6.54 Å². The van der Waals surface area contributed by atoms with Crippen LogP contribution in [0.4, 0.5) is 4.39 Å². The molecule has 1 N–H and O–H groups in total. The van der Waals surface area contributed by atoms with Gasteiger partial charge in [0.2, 0.25) is 5.91 Å². The van der Waals surface area contributed by atoms with Crippen LogP contribution in [0.25, 0.3) is 11.2 Å². The van der Waals surface area contributed by atoms with Crippen LogP contribution in [-0.4, -0.2) is 27.0 Å². The van der Waals surface area contributed by atoms with E-state index in [1.54, 1.807) is 18.3 Å². The topological polar surface area (TPSA) is 59.8 Å². The minimum Gasteiger partial charge on any atom is -0.356 e. The Morgan fingerprint density at radius 2 is 1.74 bits per heavy atom. The number of carbonyl (C=O) groups is 1. The normalized spacial score (nSPS) is 11.0. The van der Waals surface area contributed by atoms with Crippen LogP contribution in [0.2, 0.25) is 0 Å².